The molecule has 0 radical (unpaired) electrons. The van der Waals surface area contributed by atoms with Crippen LogP contribution < -0.4 is 15.5 Å². The Bertz CT molecular complexity index is 1310. The minimum absolute atomic E-state index is 0.246. The zero-order chi connectivity index (χ0) is 25.2. The predicted octanol–water partition coefficient (Wildman–Crippen LogP) is 5.29. The summed E-state index contributed by atoms with van der Waals surface area (Å²) in [5.74, 6) is 0.527. The first-order chi connectivity index (χ1) is 16.7. The van der Waals surface area contributed by atoms with Crippen LogP contribution in [0.15, 0.2) is 49.1 Å². The number of thiazole rings is 1. The Morgan fingerprint density at radius 1 is 1.09 bits per heavy atom. The molecular weight excluding hydrogens is 479 g/mol. The minimum Gasteiger partial charge on any atom is -0.357 e. The third kappa shape index (κ3) is 5.37. The van der Waals surface area contributed by atoms with Gasteiger partial charge in [-0.05, 0) is 45.0 Å². The SMILES string of the molecule is CCN(CC)c1cnc2cnc(C(=O)NC(C)c3ncc(Nc4ccc(C(F)(F)F)cc4)s3)cn12. The fourth-order valence-electron chi connectivity index (χ4n) is 3.54. The highest BCUT2D eigenvalue weighted by Gasteiger charge is 2.30. The highest BCUT2D eigenvalue weighted by molar-refractivity contribution is 7.15. The second-order valence-corrected chi connectivity index (χ2v) is 8.81. The molecule has 0 spiro atoms. The van der Waals surface area contributed by atoms with Crippen molar-refractivity contribution in [2.45, 2.75) is 33.0 Å². The molecule has 1 unspecified atom stereocenters. The van der Waals surface area contributed by atoms with Crippen molar-refractivity contribution in [3.63, 3.8) is 0 Å². The lowest BCUT2D eigenvalue weighted by Gasteiger charge is -2.19. The second kappa shape index (κ2) is 9.90. The molecule has 0 fully saturated rings. The van der Waals surface area contributed by atoms with Gasteiger partial charge < -0.3 is 15.5 Å². The summed E-state index contributed by atoms with van der Waals surface area (Å²) in [6, 6.07) is 4.35. The number of amides is 1. The van der Waals surface area contributed by atoms with Gasteiger partial charge in [-0.1, -0.05) is 11.3 Å². The Kier molecular flexibility index (Phi) is 6.92. The average Bonchev–Trinajstić information content (AvgIpc) is 3.47. The maximum atomic E-state index is 12.9. The molecule has 1 atom stereocenters. The van der Waals surface area contributed by atoms with Crippen molar-refractivity contribution in [2.24, 2.45) is 0 Å². The monoisotopic (exact) mass is 503 g/mol. The molecule has 0 aliphatic heterocycles. The van der Waals surface area contributed by atoms with E-state index in [2.05, 4.69) is 30.5 Å². The summed E-state index contributed by atoms with van der Waals surface area (Å²) >= 11 is 1.30. The van der Waals surface area contributed by atoms with Gasteiger partial charge in [-0.3, -0.25) is 9.20 Å². The number of fused-ring (bicyclic) bond motifs is 1. The van der Waals surface area contributed by atoms with Crippen molar-refractivity contribution in [3.8, 4) is 0 Å². The van der Waals surface area contributed by atoms with Crippen molar-refractivity contribution < 1.29 is 18.0 Å². The third-order valence-corrected chi connectivity index (χ3v) is 6.51. The van der Waals surface area contributed by atoms with Gasteiger partial charge in [-0.25, -0.2) is 15.0 Å². The number of nitrogens with one attached hydrogen (secondary N) is 2. The third-order valence-electron chi connectivity index (χ3n) is 5.42. The molecule has 0 saturated heterocycles. The van der Waals surface area contributed by atoms with Crippen LogP contribution in [-0.4, -0.2) is 38.3 Å². The number of carbonyl (C=O) groups excluding carboxylic acids is 1. The molecule has 3 aromatic heterocycles. The van der Waals surface area contributed by atoms with E-state index in [0.29, 0.717) is 21.3 Å². The van der Waals surface area contributed by atoms with Crippen LogP contribution in [0, 0.1) is 0 Å². The van der Waals surface area contributed by atoms with Gasteiger partial charge in [0.25, 0.3) is 5.91 Å². The number of aromatic nitrogens is 4. The predicted molar refractivity (Wildman–Crippen MR) is 129 cm³/mol. The molecule has 1 aromatic carbocycles. The van der Waals surface area contributed by atoms with E-state index in [1.165, 1.54) is 23.5 Å². The van der Waals surface area contributed by atoms with E-state index in [-0.39, 0.29) is 11.6 Å². The maximum Gasteiger partial charge on any atom is 0.416 e. The number of carbonyl (C=O) groups is 1. The van der Waals surface area contributed by atoms with Crippen LogP contribution >= 0.6 is 11.3 Å². The molecule has 3 heterocycles. The molecule has 0 aliphatic rings. The summed E-state index contributed by atoms with van der Waals surface area (Å²) in [5.41, 5.74) is 0.689. The van der Waals surface area contributed by atoms with Gasteiger partial charge in [0.15, 0.2) is 5.65 Å². The zero-order valence-electron chi connectivity index (χ0n) is 19.3. The van der Waals surface area contributed by atoms with Crippen LogP contribution in [0.25, 0.3) is 5.65 Å². The Labute approximate surface area is 203 Å². The molecule has 0 aliphatic carbocycles. The number of imidazole rings is 1. The molecule has 184 valence electrons. The Morgan fingerprint density at radius 2 is 1.80 bits per heavy atom. The first-order valence-corrected chi connectivity index (χ1v) is 11.8. The summed E-state index contributed by atoms with van der Waals surface area (Å²) in [7, 11) is 0. The van der Waals surface area contributed by atoms with E-state index in [1.54, 1.807) is 31.7 Å². The van der Waals surface area contributed by atoms with Gasteiger partial charge in [0.05, 0.1) is 30.2 Å². The summed E-state index contributed by atoms with van der Waals surface area (Å²) < 4.78 is 40.1. The van der Waals surface area contributed by atoms with Gasteiger partial charge in [0.1, 0.15) is 21.5 Å². The average molecular weight is 504 g/mol. The maximum absolute atomic E-state index is 12.9. The molecule has 0 saturated carbocycles. The fraction of sp³-hybridized carbons (Fsp3) is 0.304. The van der Waals surface area contributed by atoms with E-state index in [1.807, 2.05) is 18.2 Å². The van der Waals surface area contributed by atoms with Crippen LogP contribution in [0.1, 0.15) is 47.9 Å². The molecule has 35 heavy (non-hydrogen) atoms. The van der Waals surface area contributed by atoms with Gasteiger partial charge in [-0.15, -0.1) is 0 Å². The highest BCUT2D eigenvalue weighted by Crippen LogP contribution is 2.32. The number of benzene rings is 1. The molecule has 8 nitrogen and oxygen atoms in total. The first-order valence-electron chi connectivity index (χ1n) is 11.0. The van der Waals surface area contributed by atoms with Gasteiger partial charge in [0.2, 0.25) is 0 Å². The minimum atomic E-state index is -4.38. The van der Waals surface area contributed by atoms with Gasteiger partial charge >= 0.3 is 6.18 Å². The normalized spacial score (nSPS) is 12.5. The number of hydrogen-bond acceptors (Lipinski definition) is 7. The molecule has 4 rings (SSSR count). The number of nitrogens with zero attached hydrogens (tertiary/aromatic N) is 5. The Hall–Kier alpha value is -3.67. The van der Waals surface area contributed by atoms with Gasteiger partial charge in [0, 0.05) is 25.0 Å². The van der Waals surface area contributed by atoms with Crippen molar-refractivity contribution in [2.75, 3.05) is 23.3 Å². The number of rotatable bonds is 8. The van der Waals surface area contributed by atoms with E-state index < -0.39 is 17.8 Å². The van der Waals surface area contributed by atoms with Gasteiger partial charge in [-0.2, -0.15) is 13.2 Å². The standard InChI is InChI=1S/C23H24F3N7OS/c1-4-32(5-2)20-12-28-18-10-27-17(13-33(18)20)21(34)30-14(3)22-29-11-19(35-22)31-16-8-6-15(7-9-16)23(24,25)26/h6-14,31H,4-5H2,1-3H3,(H,30,34). The van der Waals surface area contributed by atoms with Crippen LogP contribution in [0.3, 0.4) is 0 Å². The molecule has 1 amide bonds. The van der Waals surface area contributed by atoms with Crippen molar-refractivity contribution in [1.29, 1.82) is 0 Å². The lowest BCUT2D eigenvalue weighted by molar-refractivity contribution is -0.137. The topological polar surface area (TPSA) is 87.5 Å². The number of anilines is 3. The number of alkyl halides is 3. The van der Waals surface area contributed by atoms with E-state index in [0.717, 1.165) is 31.0 Å². The Morgan fingerprint density at radius 3 is 2.46 bits per heavy atom. The largest absolute Gasteiger partial charge is 0.416 e. The Balaban J connectivity index is 1.44. The second-order valence-electron chi connectivity index (χ2n) is 7.75. The highest BCUT2D eigenvalue weighted by atomic mass is 32.1. The van der Waals surface area contributed by atoms with Crippen LogP contribution in [0.5, 0.6) is 0 Å². The molecule has 12 heteroatoms. The number of halogens is 3. The molecule has 0 bridgehead atoms. The smallest absolute Gasteiger partial charge is 0.357 e. The summed E-state index contributed by atoms with van der Waals surface area (Å²) in [6.07, 6.45) is 2.18. The van der Waals surface area contributed by atoms with Crippen molar-refractivity contribution >= 4 is 39.4 Å². The van der Waals surface area contributed by atoms with Crippen molar-refractivity contribution in [3.05, 3.63) is 65.3 Å². The first kappa shape index (κ1) is 24.5. The quantitative estimate of drug-likeness (QED) is 0.340. The van der Waals surface area contributed by atoms with Crippen LogP contribution in [0.4, 0.5) is 29.7 Å². The molecular formula is C23H24F3N7OS. The lowest BCUT2D eigenvalue weighted by atomic mass is 10.2. The van der Waals surface area contributed by atoms with E-state index in [4.69, 9.17) is 0 Å². The van der Waals surface area contributed by atoms with Crippen LogP contribution in [0.2, 0.25) is 0 Å². The van der Waals surface area contributed by atoms with E-state index in [9.17, 15) is 18.0 Å². The lowest BCUT2D eigenvalue weighted by Crippen LogP contribution is -2.28. The number of hydrogen-bond donors (Lipinski definition) is 2. The van der Waals surface area contributed by atoms with E-state index >= 15 is 0 Å². The zero-order valence-corrected chi connectivity index (χ0v) is 20.1. The summed E-state index contributed by atoms with van der Waals surface area (Å²) in [5, 5.41) is 7.21. The summed E-state index contributed by atoms with van der Waals surface area (Å²) in [4.78, 5) is 27.9. The van der Waals surface area contributed by atoms with Crippen molar-refractivity contribution in [1.82, 2.24) is 24.7 Å². The molecule has 4 aromatic rings. The fourth-order valence-corrected chi connectivity index (χ4v) is 4.38. The molecule has 2 N–H and O–H groups in total. The van der Waals surface area contributed by atoms with Crippen LogP contribution in [-0.2, 0) is 6.18 Å². The summed E-state index contributed by atoms with van der Waals surface area (Å²) in [6.45, 7) is 7.51.